The zero-order valence-electron chi connectivity index (χ0n) is 16.0. The van der Waals surface area contributed by atoms with E-state index in [0.29, 0.717) is 22.6 Å². The number of nitrogens with one attached hydrogen (secondary N) is 1. The van der Waals surface area contributed by atoms with Gasteiger partial charge in [0.15, 0.2) is 0 Å². The Morgan fingerprint density at radius 3 is 2.29 bits per heavy atom. The van der Waals surface area contributed by atoms with Crippen molar-refractivity contribution in [1.82, 2.24) is 5.48 Å². The predicted molar refractivity (Wildman–Crippen MR) is 103 cm³/mol. The number of carbonyl (C=O) groups excluding carboxylic acids is 1. The summed E-state index contributed by atoms with van der Waals surface area (Å²) in [4.78, 5) is 11.2. The normalized spacial score (nSPS) is 10.7. The molecule has 5 nitrogen and oxygen atoms in total. The predicted octanol–water partition coefficient (Wildman–Crippen LogP) is 4.50. The zero-order chi connectivity index (χ0) is 20.8. The number of benzene rings is 2. The van der Waals surface area contributed by atoms with Crippen LogP contribution in [0.4, 0.5) is 8.78 Å². The molecule has 0 fully saturated rings. The lowest BCUT2D eigenvalue weighted by Crippen LogP contribution is -2.14. The number of hydroxylamine groups is 1. The van der Waals surface area contributed by atoms with Crippen LogP contribution >= 0.6 is 0 Å². The van der Waals surface area contributed by atoms with Gasteiger partial charge in [-0.2, -0.15) is 8.78 Å². The molecule has 0 aliphatic heterocycles. The van der Waals surface area contributed by atoms with Crippen LogP contribution in [0, 0.1) is 13.8 Å². The number of methoxy groups -OCH3 is 2. The van der Waals surface area contributed by atoms with Crippen LogP contribution in [0.25, 0.3) is 11.6 Å². The molecule has 0 atom stereocenters. The largest absolute Gasteiger partial charge is 0.496 e. The Kier molecular flexibility index (Phi) is 6.89. The summed E-state index contributed by atoms with van der Waals surface area (Å²) in [5.41, 5.74) is 3.88. The van der Waals surface area contributed by atoms with E-state index in [4.69, 9.17) is 14.7 Å². The van der Waals surface area contributed by atoms with Crippen LogP contribution in [0.2, 0.25) is 0 Å². The van der Waals surface area contributed by atoms with E-state index in [2.05, 4.69) is 0 Å². The van der Waals surface area contributed by atoms with Crippen LogP contribution in [0.15, 0.2) is 42.5 Å². The Morgan fingerprint density at radius 2 is 1.71 bits per heavy atom. The smallest absolute Gasteiger partial charge is 0.278 e. The average Bonchev–Trinajstić information content (AvgIpc) is 2.68. The van der Waals surface area contributed by atoms with Gasteiger partial charge < -0.3 is 9.47 Å². The Morgan fingerprint density at radius 1 is 1.04 bits per heavy atom. The Hall–Kier alpha value is -3.19. The highest BCUT2D eigenvalue weighted by Gasteiger charge is 2.17. The van der Waals surface area contributed by atoms with Crippen LogP contribution < -0.4 is 15.0 Å². The highest BCUT2D eigenvalue weighted by Crippen LogP contribution is 2.35. The molecule has 0 heterocycles. The lowest BCUT2D eigenvalue weighted by Gasteiger charge is -2.15. The fourth-order valence-electron chi connectivity index (χ4n) is 2.79. The molecule has 1 amide bonds. The first-order valence-corrected chi connectivity index (χ1v) is 8.33. The van der Waals surface area contributed by atoms with Crippen molar-refractivity contribution in [2.75, 3.05) is 14.2 Å². The van der Waals surface area contributed by atoms with Gasteiger partial charge in [0, 0.05) is 11.6 Å². The summed E-state index contributed by atoms with van der Waals surface area (Å²) in [7, 11) is 2.92. The van der Waals surface area contributed by atoms with Gasteiger partial charge in [0.1, 0.15) is 11.5 Å². The van der Waals surface area contributed by atoms with Crippen LogP contribution in [0.3, 0.4) is 0 Å². The van der Waals surface area contributed by atoms with E-state index in [0.717, 1.165) is 17.2 Å². The van der Waals surface area contributed by atoms with Crippen molar-refractivity contribution in [3.8, 4) is 11.5 Å². The maximum absolute atomic E-state index is 13.9. The molecule has 2 N–H and O–H groups in total. The molecule has 0 saturated heterocycles. The molecule has 2 rings (SSSR count). The SMILES string of the molecule is COc1ccc(C(=C(F)F)c2cc(C)c(C)c(OC)c2)cc1/C=C/C(=O)NO. The van der Waals surface area contributed by atoms with Crippen LogP contribution in [-0.2, 0) is 4.79 Å². The molecule has 2 aromatic rings. The lowest BCUT2D eigenvalue weighted by molar-refractivity contribution is -0.124. The number of rotatable bonds is 6. The molecule has 7 heteroatoms. The summed E-state index contributed by atoms with van der Waals surface area (Å²) in [6.07, 6.45) is 0.580. The topological polar surface area (TPSA) is 67.8 Å². The van der Waals surface area contributed by atoms with Crippen molar-refractivity contribution in [2.45, 2.75) is 13.8 Å². The summed E-state index contributed by atoms with van der Waals surface area (Å²) >= 11 is 0. The van der Waals surface area contributed by atoms with E-state index in [9.17, 15) is 13.6 Å². The molecule has 0 aromatic heterocycles. The second-order valence-electron chi connectivity index (χ2n) is 6.02. The number of hydrogen-bond donors (Lipinski definition) is 2. The third kappa shape index (κ3) is 4.55. The molecule has 0 bridgehead atoms. The van der Waals surface area contributed by atoms with Crippen LogP contribution in [-0.4, -0.2) is 25.3 Å². The first-order valence-electron chi connectivity index (χ1n) is 8.33. The standard InChI is InChI=1S/C21H21F2NO4/c1-12-9-16(11-18(28-4)13(12)2)20(21(22)23)15-5-7-17(27-3)14(10-15)6-8-19(25)24-26/h5-11,26H,1-4H3,(H,24,25)/b8-6+. The van der Waals surface area contributed by atoms with E-state index in [1.165, 1.54) is 44.0 Å². The number of ether oxygens (including phenoxy) is 2. The highest BCUT2D eigenvalue weighted by atomic mass is 19.3. The molecule has 0 unspecified atom stereocenters. The summed E-state index contributed by atoms with van der Waals surface area (Å²) in [5, 5.41) is 8.60. The quantitative estimate of drug-likeness (QED) is 0.434. The van der Waals surface area contributed by atoms with Gasteiger partial charge in [0.05, 0.1) is 19.8 Å². The zero-order valence-corrected chi connectivity index (χ0v) is 16.0. The van der Waals surface area contributed by atoms with Crippen molar-refractivity contribution in [3.05, 3.63) is 70.3 Å². The third-order valence-electron chi connectivity index (χ3n) is 4.36. The minimum Gasteiger partial charge on any atom is -0.496 e. The van der Waals surface area contributed by atoms with Gasteiger partial charge in [-0.3, -0.25) is 10.0 Å². The van der Waals surface area contributed by atoms with E-state index < -0.39 is 12.0 Å². The Balaban J connectivity index is 2.63. The van der Waals surface area contributed by atoms with Crippen molar-refractivity contribution < 1.29 is 28.3 Å². The Bertz CT molecular complexity index is 948. The summed E-state index contributed by atoms with van der Waals surface area (Å²) in [6, 6.07) is 7.77. The number of halogens is 2. The van der Waals surface area contributed by atoms with Gasteiger partial charge in [0.25, 0.3) is 12.0 Å². The molecule has 0 aliphatic carbocycles. The molecule has 0 spiro atoms. The first kappa shape index (κ1) is 21.1. The van der Waals surface area contributed by atoms with E-state index >= 15 is 0 Å². The van der Waals surface area contributed by atoms with Crippen molar-refractivity contribution in [2.24, 2.45) is 0 Å². The molecule has 0 saturated carbocycles. The van der Waals surface area contributed by atoms with Crippen LogP contribution in [0.1, 0.15) is 27.8 Å². The lowest BCUT2D eigenvalue weighted by atomic mass is 9.94. The number of hydrogen-bond acceptors (Lipinski definition) is 4. The van der Waals surface area contributed by atoms with Gasteiger partial charge in [0.2, 0.25) is 0 Å². The minimum absolute atomic E-state index is 0.245. The maximum atomic E-state index is 13.9. The van der Waals surface area contributed by atoms with Crippen molar-refractivity contribution in [1.29, 1.82) is 0 Å². The number of amides is 1. The van der Waals surface area contributed by atoms with Gasteiger partial charge in [-0.15, -0.1) is 0 Å². The van der Waals surface area contributed by atoms with Gasteiger partial charge in [-0.1, -0.05) is 12.1 Å². The summed E-state index contributed by atoms with van der Waals surface area (Å²) in [5.74, 6) is 0.155. The minimum atomic E-state index is -1.85. The number of carbonyl (C=O) groups is 1. The summed E-state index contributed by atoms with van der Waals surface area (Å²) in [6.45, 7) is 3.68. The highest BCUT2D eigenvalue weighted by molar-refractivity contribution is 5.91. The molecular formula is C21H21F2NO4. The molecule has 2 aromatic carbocycles. The van der Waals surface area contributed by atoms with Crippen molar-refractivity contribution in [3.63, 3.8) is 0 Å². The molecule has 0 aliphatic rings. The molecule has 148 valence electrons. The molecule has 0 radical (unpaired) electrons. The van der Waals surface area contributed by atoms with Gasteiger partial charge >= 0.3 is 0 Å². The van der Waals surface area contributed by atoms with E-state index in [1.54, 1.807) is 12.1 Å². The second-order valence-corrected chi connectivity index (χ2v) is 6.02. The average molecular weight is 389 g/mol. The molecular weight excluding hydrogens is 368 g/mol. The van der Waals surface area contributed by atoms with E-state index in [-0.39, 0.29) is 11.1 Å². The summed E-state index contributed by atoms with van der Waals surface area (Å²) < 4.78 is 38.3. The fraction of sp³-hybridized carbons (Fsp3) is 0.190. The van der Waals surface area contributed by atoms with Gasteiger partial charge in [-0.05, 0) is 60.4 Å². The third-order valence-corrected chi connectivity index (χ3v) is 4.36. The van der Waals surface area contributed by atoms with Gasteiger partial charge in [-0.25, -0.2) is 5.48 Å². The first-order chi connectivity index (χ1) is 13.3. The Labute approximate surface area is 161 Å². The maximum Gasteiger partial charge on any atom is 0.278 e. The second kappa shape index (κ2) is 9.14. The van der Waals surface area contributed by atoms with Crippen molar-refractivity contribution >= 4 is 17.6 Å². The number of aryl methyl sites for hydroxylation is 1. The monoisotopic (exact) mass is 389 g/mol. The van der Waals surface area contributed by atoms with E-state index in [1.807, 2.05) is 13.8 Å². The van der Waals surface area contributed by atoms with Crippen LogP contribution in [0.5, 0.6) is 11.5 Å². The fourth-order valence-corrected chi connectivity index (χ4v) is 2.79. The molecule has 28 heavy (non-hydrogen) atoms.